The SMILES string of the molecule is O=C(C1=CCCCC1)c1c[nH]c2ccccc12. The van der Waals surface area contributed by atoms with Crippen molar-refractivity contribution in [3.8, 4) is 0 Å². The van der Waals surface area contributed by atoms with Crippen molar-refractivity contribution in [2.45, 2.75) is 25.7 Å². The van der Waals surface area contributed by atoms with Crippen LogP contribution in [0.2, 0.25) is 0 Å². The minimum absolute atomic E-state index is 0.196. The van der Waals surface area contributed by atoms with Crippen molar-refractivity contribution in [2.75, 3.05) is 0 Å². The molecule has 0 radical (unpaired) electrons. The zero-order valence-corrected chi connectivity index (χ0v) is 9.70. The zero-order chi connectivity index (χ0) is 11.7. The van der Waals surface area contributed by atoms with E-state index in [0.29, 0.717) is 0 Å². The number of hydrogen-bond acceptors (Lipinski definition) is 1. The fourth-order valence-corrected chi connectivity index (χ4v) is 2.48. The summed E-state index contributed by atoms with van der Waals surface area (Å²) in [6.45, 7) is 0. The van der Waals surface area contributed by atoms with Gasteiger partial charge in [0.05, 0.1) is 0 Å². The average molecular weight is 225 g/mol. The van der Waals surface area contributed by atoms with Gasteiger partial charge >= 0.3 is 0 Å². The van der Waals surface area contributed by atoms with Crippen LogP contribution in [-0.2, 0) is 0 Å². The number of para-hydroxylation sites is 1. The Labute approximate surface area is 100 Å². The lowest BCUT2D eigenvalue weighted by molar-refractivity contribution is 0.103. The van der Waals surface area contributed by atoms with E-state index in [1.807, 2.05) is 30.5 Å². The number of hydrogen-bond donors (Lipinski definition) is 1. The highest BCUT2D eigenvalue weighted by Crippen LogP contribution is 2.25. The molecule has 0 amide bonds. The molecule has 2 heteroatoms. The number of aromatic nitrogens is 1. The van der Waals surface area contributed by atoms with Gasteiger partial charge in [-0.3, -0.25) is 4.79 Å². The fraction of sp³-hybridized carbons (Fsp3) is 0.267. The number of Topliss-reactive ketones (excluding diaryl/α,β-unsaturated/α-hetero) is 1. The van der Waals surface area contributed by atoms with Gasteiger partial charge in [0.2, 0.25) is 0 Å². The number of aromatic amines is 1. The second kappa shape index (κ2) is 4.21. The standard InChI is InChI=1S/C15H15NO/c17-15(11-6-2-1-3-7-11)13-10-16-14-9-5-4-8-12(13)14/h4-6,8-10,16H,1-3,7H2. The van der Waals surface area contributed by atoms with Crippen LogP contribution >= 0.6 is 0 Å². The normalized spacial score (nSPS) is 15.9. The first kappa shape index (κ1) is 10.3. The summed E-state index contributed by atoms with van der Waals surface area (Å²) in [6, 6.07) is 7.96. The Morgan fingerprint density at radius 3 is 2.88 bits per heavy atom. The second-order valence-electron chi connectivity index (χ2n) is 4.55. The predicted octanol–water partition coefficient (Wildman–Crippen LogP) is 3.85. The van der Waals surface area contributed by atoms with Gasteiger partial charge < -0.3 is 4.98 Å². The maximum Gasteiger partial charge on any atom is 0.190 e. The number of ketones is 1. The van der Waals surface area contributed by atoms with E-state index >= 15 is 0 Å². The van der Waals surface area contributed by atoms with Gasteiger partial charge in [-0.15, -0.1) is 0 Å². The molecule has 1 aliphatic rings. The zero-order valence-electron chi connectivity index (χ0n) is 9.70. The van der Waals surface area contributed by atoms with Crippen molar-refractivity contribution in [3.63, 3.8) is 0 Å². The van der Waals surface area contributed by atoms with Gasteiger partial charge in [0, 0.05) is 22.7 Å². The van der Waals surface area contributed by atoms with E-state index in [1.165, 1.54) is 6.42 Å². The molecule has 3 rings (SSSR count). The number of nitrogens with one attached hydrogen (secondary N) is 1. The molecule has 0 aliphatic heterocycles. The van der Waals surface area contributed by atoms with Crippen LogP contribution in [0, 0.1) is 0 Å². The molecule has 0 spiro atoms. The van der Waals surface area contributed by atoms with Crippen molar-refractivity contribution < 1.29 is 4.79 Å². The Balaban J connectivity index is 2.03. The van der Waals surface area contributed by atoms with E-state index in [4.69, 9.17) is 0 Å². The molecular weight excluding hydrogens is 210 g/mol. The molecule has 2 aromatic rings. The second-order valence-corrected chi connectivity index (χ2v) is 4.55. The van der Waals surface area contributed by atoms with E-state index in [2.05, 4.69) is 11.1 Å². The third-order valence-electron chi connectivity index (χ3n) is 3.42. The largest absolute Gasteiger partial charge is 0.360 e. The molecule has 0 atom stereocenters. The summed E-state index contributed by atoms with van der Waals surface area (Å²) in [6.07, 6.45) is 8.27. The number of carbonyl (C=O) groups excluding carboxylic acids is 1. The first-order valence-electron chi connectivity index (χ1n) is 6.16. The summed E-state index contributed by atoms with van der Waals surface area (Å²) in [5.41, 5.74) is 2.84. The monoisotopic (exact) mass is 225 g/mol. The van der Waals surface area contributed by atoms with E-state index < -0.39 is 0 Å². The molecule has 0 fully saturated rings. The van der Waals surface area contributed by atoms with Crippen molar-refractivity contribution in [1.82, 2.24) is 4.98 Å². The van der Waals surface area contributed by atoms with Crippen molar-refractivity contribution >= 4 is 16.7 Å². The molecule has 0 saturated carbocycles. The van der Waals surface area contributed by atoms with Gasteiger partial charge in [-0.05, 0) is 37.3 Å². The summed E-state index contributed by atoms with van der Waals surface area (Å²) < 4.78 is 0. The van der Waals surface area contributed by atoms with Gasteiger partial charge in [-0.1, -0.05) is 24.3 Å². The predicted molar refractivity (Wildman–Crippen MR) is 69.2 cm³/mol. The lowest BCUT2D eigenvalue weighted by atomic mass is 9.93. The molecule has 0 bridgehead atoms. The van der Waals surface area contributed by atoms with Crippen LogP contribution in [0.3, 0.4) is 0 Å². The van der Waals surface area contributed by atoms with Gasteiger partial charge in [0.1, 0.15) is 0 Å². The number of fused-ring (bicyclic) bond motifs is 1. The van der Waals surface area contributed by atoms with Crippen LogP contribution in [0.1, 0.15) is 36.0 Å². The summed E-state index contributed by atoms with van der Waals surface area (Å²) >= 11 is 0. The van der Waals surface area contributed by atoms with Gasteiger partial charge in [0.25, 0.3) is 0 Å². The van der Waals surface area contributed by atoms with Gasteiger partial charge in [0.15, 0.2) is 5.78 Å². The summed E-state index contributed by atoms with van der Waals surface area (Å²) in [5, 5.41) is 1.03. The third kappa shape index (κ3) is 1.80. The highest BCUT2D eigenvalue weighted by Gasteiger charge is 2.17. The average Bonchev–Trinajstić information content (AvgIpc) is 2.83. The molecule has 86 valence electrons. The van der Waals surface area contributed by atoms with Crippen LogP contribution < -0.4 is 0 Å². The number of carbonyl (C=O) groups is 1. The van der Waals surface area contributed by atoms with E-state index in [1.54, 1.807) is 0 Å². The Morgan fingerprint density at radius 1 is 1.18 bits per heavy atom. The van der Waals surface area contributed by atoms with Crippen molar-refractivity contribution in [2.24, 2.45) is 0 Å². The lowest BCUT2D eigenvalue weighted by Gasteiger charge is -2.10. The first-order valence-corrected chi connectivity index (χ1v) is 6.16. The summed E-state index contributed by atoms with van der Waals surface area (Å²) in [7, 11) is 0. The Kier molecular flexibility index (Phi) is 2.56. The van der Waals surface area contributed by atoms with E-state index in [-0.39, 0.29) is 5.78 Å². The molecule has 17 heavy (non-hydrogen) atoms. The molecule has 1 aromatic carbocycles. The van der Waals surface area contributed by atoms with Crippen LogP contribution in [-0.4, -0.2) is 10.8 Å². The van der Waals surface area contributed by atoms with Crippen molar-refractivity contribution in [3.05, 3.63) is 47.7 Å². The van der Waals surface area contributed by atoms with Gasteiger partial charge in [-0.25, -0.2) is 0 Å². The number of rotatable bonds is 2. The van der Waals surface area contributed by atoms with Crippen LogP contribution in [0.25, 0.3) is 10.9 Å². The minimum atomic E-state index is 0.196. The number of H-pyrrole nitrogens is 1. The van der Waals surface area contributed by atoms with Crippen LogP contribution in [0.4, 0.5) is 0 Å². The minimum Gasteiger partial charge on any atom is -0.360 e. The molecule has 1 N–H and O–H groups in total. The molecule has 2 nitrogen and oxygen atoms in total. The molecule has 0 saturated heterocycles. The number of allylic oxidation sites excluding steroid dienone is 2. The molecule has 1 aromatic heterocycles. The van der Waals surface area contributed by atoms with E-state index in [0.717, 1.165) is 41.3 Å². The maximum atomic E-state index is 12.4. The smallest absolute Gasteiger partial charge is 0.190 e. The first-order chi connectivity index (χ1) is 8.36. The topological polar surface area (TPSA) is 32.9 Å². The maximum absolute atomic E-state index is 12.4. The summed E-state index contributed by atoms with van der Waals surface area (Å²) in [5.74, 6) is 0.196. The van der Waals surface area contributed by atoms with E-state index in [9.17, 15) is 4.79 Å². The lowest BCUT2D eigenvalue weighted by Crippen LogP contribution is -2.05. The Bertz CT molecular complexity index is 592. The van der Waals surface area contributed by atoms with Crippen LogP contribution in [0.5, 0.6) is 0 Å². The Morgan fingerprint density at radius 2 is 2.06 bits per heavy atom. The number of benzene rings is 1. The highest BCUT2D eigenvalue weighted by atomic mass is 16.1. The molecule has 1 heterocycles. The Hall–Kier alpha value is -1.83. The quantitative estimate of drug-likeness (QED) is 0.773. The van der Waals surface area contributed by atoms with Gasteiger partial charge in [-0.2, -0.15) is 0 Å². The highest BCUT2D eigenvalue weighted by molar-refractivity contribution is 6.16. The summed E-state index contributed by atoms with van der Waals surface area (Å²) in [4.78, 5) is 15.5. The van der Waals surface area contributed by atoms with Crippen molar-refractivity contribution in [1.29, 1.82) is 0 Å². The molecule has 1 aliphatic carbocycles. The van der Waals surface area contributed by atoms with Crippen LogP contribution in [0.15, 0.2) is 42.1 Å². The molecule has 0 unspecified atom stereocenters. The third-order valence-corrected chi connectivity index (χ3v) is 3.42. The fourth-order valence-electron chi connectivity index (χ4n) is 2.48. The molecular formula is C15H15NO.